The molecule has 106 valence electrons. The van der Waals surface area contributed by atoms with Gasteiger partial charge in [0.15, 0.2) is 0 Å². The fraction of sp³-hybridized carbons (Fsp3) is 0.467. The zero-order valence-electron chi connectivity index (χ0n) is 11.4. The van der Waals surface area contributed by atoms with Crippen molar-refractivity contribution < 1.29 is 8.91 Å². The van der Waals surface area contributed by atoms with Crippen LogP contribution >= 0.6 is 0 Å². The highest BCUT2D eigenvalue weighted by molar-refractivity contribution is 5.53. The van der Waals surface area contributed by atoms with Crippen LogP contribution in [-0.2, 0) is 6.42 Å². The summed E-state index contributed by atoms with van der Waals surface area (Å²) >= 11 is 0. The van der Waals surface area contributed by atoms with Crippen LogP contribution < -0.4 is 0 Å². The van der Waals surface area contributed by atoms with Gasteiger partial charge in [0.25, 0.3) is 0 Å². The van der Waals surface area contributed by atoms with E-state index in [2.05, 4.69) is 15.0 Å². The van der Waals surface area contributed by atoms with Gasteiger partial charge in [0.2, 0.25) is 11.7 Å². The minimum Gasteiger partial charge on any atom is -0.339 e. The van der Waals surface area contributed by atoms with Gasteiger partial charge in [-0.25, -0.2) is 4.39 Å². The summed E-state index contributed by atoms with van der Waals surface area (Å²) in [5.41, 5.74) is 0.651. The number of halogens is 1. The molecule has 1 aromatic heterocycles. The fourth-order valence-electron chi connectivity index (χ4n) is 2.54. The summed E-state index contributed by atoms with van der Waals surface area (Å²) in [6.45, 7) is 3.26. The van der Waals surface area contributed by atoms with E-state index in [1.807, 2.05) is 0 Å². The Balaban J connectivity index is 1.61. The molecule has 2 aromatic rings. The van der Waals surface area contributed by atoms with E-state index in [1.165, 1.54) is 31.4 Å². The van der Waals surface area contributed by atoms with E-state index in [4.69, 9.17) is 4.52 Å². The second-order valence-corrected chi connectivity index (χ2v) is 5.17. The lowest BCUT2D eigenvalue weighted by Gasteiger charge is -2.25. The van der Waals surface area contributed by atoms with Crippen molar-refractivity contribution in [2.24, 2.45) is 0 Å². The van der Waals surface area contributed by atoms with E-state index in [9.17, 15) is 4.39 Å². The van der Waals surface area contributed by atoms with Crippen molar-refractivity contribution in [1.82, 2.24) is 15.0 Å². The quantitative estimate of drug-likeness (QED) is 0.860. The molecule has 0 unspecified atom stereocenters. The third kappa shape index (κ3) is 3.22. The molecule has 0 N–H and O–H groups in total. The van der Waals surface area contributed by atoms with E-state index in [-0.39, 0.29) is 5.82 Å². The lowest BCUT2D eigenvalue weighted by atomic mass is 10.1. The molecule has 0 saturated carbocycles. The molecule has 0 spiro atoms. The molecule has 20 heavy (non-hydrogen) atoms. The summed E-state index contributed by atoms with van der Waals surface area (Å²) in [6, 6.07) is 6.25. The van der Waals surface area contributed by atoms with Crippen LogP contribution in [0.2, 0.25) is 0 Å². The first-order valence-corrected chi connectivity index (χ1v) is 7.12. The summed E-state index contributed by atoms with van der Waals surface area (Å²) in [7, 11) is 0. The molecule has 1 aliphatic rings. The smallest absolute Gasteiger partial charge is 0.228 e. The number of hydrogen-bond donors (Lipinski definition) is 0. The molecule has 5 heteroatoms. The van der Waals surface area contributed by atoms with Gasteiger partial charge < -0.3 is 9.42 Å². The fourth-order valence-corrected chi connectivity index (χ4v) is 2.54. The standard InChI is InChI=1S/C15H18FN3O/c16-13-6-4-5-12(11-13)15-17-14(20-18-15)7-10-19-8-2-1-3-9-19/h4-6,11H,1-3,7-10H2. The minimum absolute atomic E-state index is 0.290. The second-order valence-electron chi connectivity index (χ2n) is 5.17. The molecule has 1 aromatic carbocycles. The van der Waals surface area contributed by atoms with Gasteiger partial charge in [-0.15, -0.1) is 0 Å². The Kier molecular flexibility index (Phi) is 4.06. The maximum Gasteiger partial charge on any atom is 0.228 e. The first-order valence-electron chi connectivity index (χ1n) is 7.12. The second kappa shape index (κ2) is 6.13. The average Bonchev–Trinajstić information content (AvgIpc) is 2.95. The van der Waals surface area contributed by atoms with Crippen LogP contribution in [-0.4, -0.2) is 34.7 Å². The number of nitrogens with zero attached hydrogens (tertiary/aromatic N) is 3. The Hall–Kier alpha value is -1.75. The van der Waals surface area contributed by atoms with Crippen molar-refractivity contribution in [2.45, 2.75) is 25.7 Å². The maximum atomic E-state index is 13.2. The van der Waals surface area contributed by atoms with Gasteiger partial charge in [-0.05, 0) is 38.1 Å². The third-order valence-electron chi connectivity index (χ3n) is 3.64. The predicted octanol–water partition coefficient (Wildman–Crippen LogP) is 2.90. The summed E-state index contributed by atoms with van der Waals surface area (Å²) in [5, 5.41) is 3.92. The molecule has 0 aliphatic carbocycles. The number of rotatable bonds is 4. The number of benzene rings is 1. The van der Waals surface area contributed by atoms with E-state index in [0.29, 0.717) is 17.3 Å². The Bertz CT molecular complexity index is 564. The highest BCUT2D eigenvalue weighted by atomic mass is 19.1. The molecule has 1 saturated heterocycles. The van der Waals surface area contributed by atoms with Crippen LogP contribution in [0, 0.1) is 5.82 Å². The van der Waals surface area contributed by atoms with Crippen LogP contribution in [0.4, 0.5) is 4.39 Å². The van der Waals surface area contributed by atoms with E-state index in [1.54, 1.807) is 12.1 Å². The molecule has 1 aliphatic heterocycles. The first-order chi connectivity index (χ1) is 9.81. The van der Waals surface area contributed by atoms with Gasteiger partial charge in [0.05, 0.1) is 0 Å². The highest BCUT2D eigenvalue weighted by Crippen LogP contribution is 2.17. The Morgan fingerprint density at radius 2 is 2.05 bits per heavy atom. The molecule has 2 heterocycles. The van der Waals surface area contributed by atoms with Crippen LogP contribution in [0.1, 0.15) is 25.2 Å². The number of likely N-dealkylation sites (tertiary alicyclic amines) is 1. The summed E-state index contributed by atoms with van der Waals surface area (Å²) in [4.78, 5) is 6.76. The zero-order valence-corrected chi connectivity index (χ0v) is 11.4. The Morgan fingerprint density at radius 3 is 2.85 bits per heavy atom. The summed E-state index contributed by atoms with van der Waals surface area (Å²) in [6.07, 6.45) is 4.64. The molecule has 0 bridgehead atoms. The van der Waals surface area contributed by atoms with Crippen LogP contribution in [0.15, 0.2) is 28.8 Å². The number of piperidine rings is 1. The van der Waals surface area contributed by atoms with Gasteiger partial charge in [0, 0.05) is 18.5 Å². The van der Waals surface area contributed by atoms with Gasteiger partial charge in [-0.2, -0.15) is 4.98 Å². The Labute approximate surface area is 117 Å². The minimum atomic E-state index is -0.290. The summed E-state index contributed by atoms with van der Waals surface area (Å²) < 4.78 is 18.4. The van der Waals surface area contributed by atoms with E-state index >= 15 is 0 Å². The molecule has 0 radical (unpaired) electrons. The maximum absolute atomic E-state index is 13.2. The molecule has 3 rings (SSSR count). The molecular weight excluding hydrogens is 257 g/mol. The lowest BCUT2D eigenvalue weighted by molar-refractivity contribution is 0.223. The van der Waals surface area contributed by atoms with Gasteiger partial charge in [-0.1, -0.05) is 23.7 Å². The topological polar surface area (TPSA) is 42.2 Å². The van der Waals surface area contributed by atoms with Gasteiger partial charge in [0.1, 0.15) is 5.82 Å². The van der Waals surface area contributed by atoms with E-state index in [0.717, 1.165) is 26.1 Å². The normalized spacial score (nSPS) is 16.4. The number of aromatic nitrogens is 2. The zero-order chi connectivity index (χ0) is 13.8. The molecule has 0 amide bonds. The largest absolute Gasteiger partial charge is 0.339 e. The third-order valence-corrected chi connectivity index (χ3v) is 3.64. The van der Waals surface area contributed by atoms with Crippen molar-refractivity contribution in [1.29, 1.82) is 0 Å². The predicted molar refractivity (Wildman–Crippen MR) is 73.7 cm³/mol. The van der Waals surface area contributed by atoms with Crippen LogP contribution in [0.25, 0.3) is 11.4 Å². The van der Waals surface area contributed by atoms with Gasteiger partial charge in [-0.3, -0.25) is 0 Å². The molecule has 0 atom stereocenters. The molecule has 4 nitrogen and oxygen atoms in total. The summed E-state index contributed by atoms with van der Waals surface area (Å²) in [5.74, 6) is 0.787. The van der Waals surface area contributed by atoms with Gasteiger partial charge >= 0.3 is 0 Å². The first kappa shape index (κ1) is 13.2. The molecular formula is C15H18FN3O. The van der Waals surface area contributed by atoms with Crippen molar-refractivity contribution in [2.75, 3.05) is 19.6 Å². The van der Waals surface area contributed by atoms with Crippen LogP contribution in [0.5, 0.6) is 0 Å². The average molecular weight is 275 g/mol. The van der Waals surface area contributed by atoms with E-state index < -0.39 is 0 Å². The van der Waals surface area contributed by atoms with Crippen molar-refractivity contribution in [3.63, 3.8) is 0 Å². The van der Waals surface area contributed by atoms with Crippen molar-refractivity contribution in [3.05, 3.63) is 36.0 Å². The highest BCUT2D eigenvalue weighted by Gasteiger charge is 2.13. The van der Waals surface area contributed by atoms with Crippen molar-refractivity contribution >= 4 is 0 Å². The van der Waals surface area contributed by atoms with Crippen molar-refractivity contribution in [3.8, 4) is 11.4 Å². The number of hydrogen-bond acceptors (Lipinski definition) is 4. The van der Waals surface area contributed by atoms with Crippen LogP contribution in [0.3, 0.4) is 0 Å². The Morgan fingerprint density at radius 1 is 1.20 bits per heavy atom. The lowest BCUT2D eigenvalue weighted by Crippen LogP contribution is -2.31. The molecule has 1 fully saturated rings. The SMILES string of the molecule is Fc1cccc(-c2noc(CCN3CCCCC3)n2)c1. The monoisotopic (exact) mass is 275 g/mol.